The van der Waals surface area contributed by atoms with E-state index in [0.717, 1.165) is 24.0 Å². The molecule has 0 spiro atoms. The molecule has 2 aromatic carbocycles. The van der Waals surface area contributed by atoms with Crippen molar-refractivity contribution in [1.82, 2.24) is 25.9 Å². The van der Waals surface area contributed by atoms with Crippen molar-refractivity contribution in [1.29, 1.82) is 0 Å². The van der Waals surface area contributed by atoms with Gasteiger partial charge in [0, 0.05) is 25.2 Å². The highest BCUT2D eigenvalue weighted by Crippen LogP contribution is 2.66. The van der Waals surface area contributed by atoms with Gasteiger partial charge in [-0.1, -0.05) is 70.2 Å². The standard InChI is InChI=1S/C38H48BN5O6/c1-23(2)19-32(39-49-33-27-15-16-31(37(27,3)4)38(33,5)50-39)44-35(47)29(21-25-11-13-26(45)14-12-25)42-34(46)28(20-24-9-7-6-8-10-24)43-36(48)30-22-40-17-18-41-30/h6-14,17-18,22-23,27-29,31-33,45H,15-16,19-21H2,1-5H3,(H,42,46)(H,43,48)(H,44,47)/t27-,28+,29+,31-,32+,33-,38+/m1/s1. The molecule has 4 N–H and O–H groups in total. The van der Waals surface area contributed by atoms with Crippen LogP contribution < -0.4 is 16.0 Å². The van der Waals surface area contributed by atoms with Gasteiger partial charge >= 0.3 is 7.12 Å². The van der Waals surface area contributed by atoms with Crippen LogP contribution >= 0.6 is 0 Å². The van der Waals surface area contributed by atoms with Crippen LogP contribution in [0.3, 0.4) is 0 Å². The summed E-state index contributed by atoms with van der Waals surface area (Å²) in [7, 11) is -0.627. The molecule has 6 rings (SSSR count). The fourth-order valence-electron chi connectivity index (χ4n) is 8.58. The third-order valence-corrected chi connectivity index (χ3v) is 11.0. The second-order valence-electron chi connectivity index (χ2n) is 15.3. The topological polar surface area (TPSA) is 152 Å². The van der Waals surface area contributed by atoms with Crippen molar-refractivity contribution in [2.75, 3.05) is 0 Å². The lowest BCUT2D eigenvalue weighted by molar-refractivity contribution is -0.130. The monoisotopic (exact) mass is 681 g/mol. The first kappa shape index (κ1) is 35.5. The number of rotatable bonds is 13. The van der Waals surface area contributed by atoms with Crippen LogP contribution in [0.2, 0.25) is 0 Å². The Kier molecular flexibility index (Phi) is 10.3. The lowest BCUT2D eigenvalue weighted by Crippen LogP contribution is -2.58. The van der Waals surface area contributed by atoms with Crippen LogP contribution in [0.1, 0.15) is 75.5 Å². The van der Waals surface area contributed by atoms with Gasteiger partial charge in [-0.3, -0.25) is 19.4 Å². The van der Waals surface area contributed by atoms with Crippen molar-refractivity contribution >= 4 is 24.8 Å². The Bertz CT molecular complexity index is 1660. The Balaban J connectivity index is 1.23. The summed E-state index contributed by atoms with van der Waals surface area (Å²) in [5, 5.41) is 18.8. The zero-order valence-corrected chi connectivity index (χ0v) is 29.5. The van der Waals surface area contributed by atoms with E-state index >= 15 is 0 Å². The number of aromatic hydroxyl groups is 1. The molecule has 7 atom stereocenters. The Labute approximate surface area is 294 Å². The fourth-order valence-corrected chi connectivity index (χ4v) is 8.58. The van der Waals surface area contributed by atoms with Crippen molar-refractivity contribution in [3.05, 3.63) is 90.0 Å². The first-order valence-electron chi connectivity index (χ1n) is 17.7. The van der Waals surface area contributed by atoms with Crippen LogP contribution in [-0.4, -0.2) is 69.6 Å². The molecular weight excluding hydrogens is 633 g/mol. The number of nitrogens with zero attached hydrogens (tertiary/aromatic N) is 2. The molecule has 1 aromatic heterocycles. The number of carbonyl (C=O) groups is 3. The summed E-state index contributed by atoms with van der Waals surface area (Å²) in [6, 6.07) is 13.8. The van der Waals surface area contributed by atoms with Gasteiger partial charge in [-0.2, -0.15) is 0 Å². The van der Waals surface area contributed by atoms with Crippen molar-refractivity contribution in [3.8, 4) is 5.75 Å². The maximum Gasteiger partial charge on any atom is 0.481 e. The number of aromatic nitrogens is 2. The fraction of sp³-hybridized carbons (Fsp3) is 0.500. The number of phenols is 1. The normalized spacial score (nSPS) is 25.1. The number of nitrogens with one attached hydrogen (secondary N) is 3. The Morgan fingerprint density at radius 2 is 1.56 bits per heavy atom. The van der Waals surface area contributed by atoms with Gasteiger partial charge in [-0.15, -0.1) is 0 Å². The van der Waals surface area contributed by atoms with Crippen LogP contribution in [-0.2, 0) is 31.7 Å². The highest BCUT2D eigenvalue weighted by Gasteiger charge is 2.71. The first-order chi connectivity index (χ1) is 23.8. The van der Waals surface area contributed by atoms with E-state index in [0.29, 0.717) is 18.3 Å². The summed E-state index contributed by atoms with van der Waals surface area (Å²) < 4.78 is 13.5. The van der Waals surface area contributed by atoms with E-state index < -0.39 is 48.5 Å². The van der Waals surface area contributed by atoms with Gasteiger partial charge in [0.15, 0.2) is 0 Å². The summed E-state index contributed by atoms with van der Waals surface area (Å²) >= 11 is 0. The van der Waals surface area contributed by atoms with Crippen LogP contribution in [0.25, 0.3) is 0 Å². The van der Waals surface area contributed by atoms with Gasteiger partial charge < -0.3 is 30.4 Å². The highest BCUT2D eigenvalue weighted by molar-refractivity contribution is 6.48. The summed E-state index contributed by atoms with van der Waals surface area (Å²) in [6.45, 7) is 11.0. The molecule has 0 radical (unpaired) electrons. The molecule has 3 amide bonds. The second-order valence-corrected chi connectivity index (χ2v) is 15.3. The second kappa shape index (κ2) is 14.5. The number of phenolic OH excluding ortho intramolecular Hbond substituents is 1. The van der Waals surface area contributed by atoms with Gasteiger partial charge in [-0.05, 0) is 72.6 Å². The van der Waals surface area contributed by atoms with Gasteiger partial charge in [0.05, 0.1) is 23.8 Å². The molecule has 3 aromatic rings. The third-order valence-electron chi connectivity index (χ3n) is 11.0. The summed E-state index contributed by atoms with van der Waals surface area (Å²) in [6.07, 6.45) is 7.30. The maximum absolute atomic E-state index is 14.3. The van der Waals surface area contributed by atoms with Crippen molar-refractivity contribution in [2.24, 2.45) is 23.2 Å². The van der Waals surface area contributed by atoms with Crippen LogP contribution in [0.5, 0.6) is 5.75 Å². The number of carbonyl (C=O) groups excluding carboxylic acids is 3. The molecule has 1 saturated heterocycles. The molecule has 264 valence electrons. The summed E-state index contributed by atoms with van der Waals surface area (Å²) in [5.74, 6) is -0.861. The van der Waals surface area contributed by atoms with Gasteiger partial charge in [0.25, 0.3) is 5.91 Å². The molecule has 2 saturated carbocycles. The molecule has 11 nitrogen and oxygen atoms in total. The molecule has 1 aliphatic heterocycles. The predicted octanol–water partition coefficient (Wildman–Crippen LogP) is 4.05. The van der Waals surface area contributed by atoms with E-state index in [1.807, 2.05) is 30.3 Å². The molecular formula is C38H48BN5O6. The predicted molar refractivity (Wildman–Crippen MR) is 189 cm³/mol. The molecule has 12 heteroatoms. The molecule has 3 aliphatic rings. The zero-order valence-electron chi connectivity index (χ0n) is 29.5. The minimum absolute atomic E-state index is 0.0445. The van der Waals surface area contributed by atoms with Crippen LogP contribution in [0.4, 0.5) is 0 Å². The van der Waals surface area contributed by atoms with Crippen LogP contribution in [0, 0.1) is 23.2 Å². The number of hydrogen-bond acceptors (Lipinski definition) is 8. The van der Waals surface area contributed by atoms with Crippen molar-refractivity contribution in [2.45, 2.75) is 96.5 Å². The molecule has 2 aliphatic carbocycles. The smallest absolute Gasteiger partial charge is 0.481 e. The average molecular weight is 682 g/mol. The van der Waals surface area contributed by atoms with E-state index in [9.17, 15) is 19.5 Å². The molecule has 0 unspecified atom stereocenters. The molecule has 3 fully saturated rings. The third kappa shape index (κ3) is 7.41. The molecule has 50 heavy (non-hydrogen) atoms. The number of benzene rings is 2. The minimum Gasteiger partial charge on any atom is -0.508 e. The summed E-state index contributed by atoms with van der Waals surface area (Å²) in [4.78, 5) is 49.6. The maximum atomic E-state index is 14.3. The van der Waals surface area contributed by atoms with Crippen LogP contribution in [0.15, 0.2) is 73.2 Å². The van der Waals surface area contributed by atoms with E-state index in [2.05, 4.69) is 60.5 Å². The van der Waals surface area contributed by atoms with E-state index in [1.165, 1.54) is 18.6 Å². The SMILES string of the molecule is CC(C)C[C@H](NC(=O)[C@H](Cc1ccc(O)cc1)NC(=O)[C@H](Cc1ccccc1)NC(=O)c1cnccn1)B1O[C@@H]2[C@H]3CC[C@H](C3(C)C)[C@]2(C)O1. The Hall–Kier alpha value is -4.29. The zero-order chi connectivity index (χ0) is 35.6. The Morgan fingerprint density at radius 3 is 2.20 bits per heavy atom. The van der Waals surface area contributed by atoms with Gasteiger partial charge in [0.1, 0.15) is 23.5 Å². The Morgan fingerprint density at radius 1 is 0.900 bits per heavy atom. The quantitative estimate of drug-likeness (QED) is 0.197. The molecule has 2 bridgehead atoms. The van der Waals surface area contributed by atoms with Gasteiger partial charge in [-0.25, -0.2) is 4.98 Å². The number of hydrogen-bond donors (Lipinski definition) is 4. The summed E-state index contributed by atoms with van der Waals surface area (Å²) in [5.41, 5.74) is 1.33. The number of fused-ring (bicyclic) bond motifs is 5. The van der Waals surface area contributed by atoms with Crippen molar-refractivity contribution in [3.63, 3.8) is 0 Å². The first-order valence-corrected chi connectivity index (χ1v) is 17.7. The minimum atomic E-state index is -1.02. The molecule has 2 heterocycles. The van der Waals surface area contributed by atoms with E-state index in [4.69, 9.17) is 9.31 Å². The van der Waals surface area contributed by atoms with Gasteiger partial charge in [0.2, 0.25) is 11.8 Å². The highest BCUT2D eigenvalue weighted by atomic mass is 16.7. The lowest BCUT2D eigenvalue weighted by Gasteiger charge is -2.35. The lowest BCUT2D eigenvalue weighted by atomic mass is 9.72. The largest absolute Gasteiger partial charge is 0.508 e. The average Bonchev–Trinajstić information content (AvgIpc) is 3.66. The number of amides is 3. The van der Waals surface area contributed by atoms with E-state index in [1.54, 1.807) is 24.3 Å². The van der Waals surface area contributed by atoms with Crippen molar-refractivity contribution < 1.29 is 28.8 Å². The van der Waals surface area contributed by atoms with E-state index in [-0.39, 0.29) is 41.7 Å².